The van der Waals surface area contributed by atoms with Gasteiger partial charge in [0.1, 0.15) is 12.8 Å². The van der Waals surface area contributed by atoms with E-state index in [1.54, 1.807) is 27.2 Å². The number of carbonyl (C=O) groups is 1. The van der Waals surface area contributed by atoms with Crippen molar-refractivity contribution in [3.8, 4) is 11.5 Å². The third-order valence-corrected chi connectivity index (χ3v) is 3.78. The second-order valence-electron chi connectivity index (χ2n) is 6.16. The summed E-state index contributed by atoms with van der Waals surface area (Å²) in [5.41, 5.74) is 1.78. The highest BCUT2D eigenvalue weighted by Gasteiger charge is 2.33. The number of hydrogen-bond acceptors (Lipinski definition) is 7. The van der Waals surface area contributed by atoms with Gasteiger partial charge in [0.25, 0.3) is 0 Å². The average molecular weight is 348 g/mol. The van der Waals surface area contributed by atoms with Gasteiger partial charge >= 0.3 is 5.97 Å². The van der Waals surface area contributed by atoms with Crippen LogP contribution < -0.4 is 9.47 Å². The smallest absolute Gasteiger partial charge is 0.362 e. The van der Waals surface area contributed by atoms with Crippen LogP contribution in [0.4, 0.5) is 0 Å². The number of fused-ring (bicyclic) bond motifs is 1. The van der Waals surface area contributed by atoms with Crippen LogP contribution in [0.2, 0.25) is 0 Å². The van der Waals surface area contributed by atoms with E-state index in [2.05, 4.69) is 5.16 Å². The van der Waals surface area contributed by atoms with E-state index >= 15 is 0 Å². The van der Waals surface area contributed by atoms with Gasteiger partial charge in [-0.05, 0) is 44.9 Å². The topological polar surface area (TPSA) is 78.7 Å². The SMILES string of the molecule is CCOC(=O)/C(=N/OC)C1=NC(C)(C)Cc2cc(OC)c(OC)cc21. The Kier molecular flexibility index (Phi) is 5.66. The molecule has 0 radical (unpaired) electrons. The number of hydrogen-bond donors (Lipinski definition) is 0. The van der Waals surface area contributed by atoms with Crippen LogP contribution >= 0.6 is 0 Å². The zero-order valence-electron chi connectivity index (χ0n) is 15.5. The first-order valence-corrected chi connectivity index (χ1v) is 8.00. The van der Waals surface area contributed by atoms with Crippen LogP contribution in [0.3, 0.4) is 0 Å². The van der Waals surface area contributed by atoms with Crippen molar-refractivity contribution in [1.82, 2.24) is 0 Å². The maximum atomic E-state index is 12.4. The summed E-state index contributed by atoms with van der Waals surface area (Å²) in [6.07, 6.45) is 0.690. The Morgan fingerprint density at radius 1 is 1.20 bits per heavy atom. The number of esters is 1. The summed E-state index contributed by atoms with van der Waals surface area (Å²) in [5.74, 6) is 0.593. The van der Waals surface area contributed by atoms with Gasteiger partial charge in [0, 0.05) is 5.56 Å². The predicted molar refractivity (Wildman–Crippen MR) is 94.9 cm³/mol. The minimum atomic E-state index is -0.582. The van der Waals surface area contributed by atoms with E-state index in [-0.39, 0.29) is 12.3 Å². The van der Waals surface area contributed by atoms with Crippen molar-refractivity contribution >= 4 is 17.4 Å². The van der Waals surface area contributed by atoms with Crippen molar-refractivity contribution in [3.05, 3.63) is 23.3 Å². The summed E-state index contributed by atoms with van der Waals surface area (Å²) in [7, 11) is 4.52. The van der Waals surface area contributed by atoms with Gasteiger partial charge in [0.05, 0.1) is 26.4 Å². The van der Waals surface area contributed by atoms with Crippen LogP contribution in [0.5, 0.6) is 11.5 Å². The minimum absolute atomic E-state index is 0.0330. The van der Waals surface area contributed by atoms with Crippen LogP contribution in [0.25, 0.3) is 0 Å². The zero-order chi connectivity index (χ0) is 18.6. The minimum Gasteiger partial charge on any atom is -0.493 e. The van der Waals surface area contributed by atoms with E-state index in [0.717, 1.165) is 11.1 Å². The Labute approximate surface area is 147 Å². The maximum absolute atomic E-state index is 12.4. The van der Waals surface area contributed by atoms with Gasteiger partial charge in [-0.15, -0.1) is 0 Å². The lowest BCUT2D eigenvalue weighted by molar-refractivity contribution is -0.135. The molecule has 1 aliphatic rings. The standard InChI is InChI=1S/C18H24N2O5/c1-7-25-17(21)16(20-24-6)15-12-9-14(23-5)13(22-4)8-11(12)10-18(2,3)19-15/h8-9H,7,10H2,1-6H3/b20-16+. The molecule has 0 unspecified atom stereocenters. The quantitative estimate of drug-likeness (QED) is 0.448. The number of aliphatic imine (C=N–C) groups is 1. The Bertz CT molecular complexity index is 722. The Morgan fingerprint density at radius 2 is 1.84 bits per heavy atom. The van der Waals surface area contributed by atoms with Gasteiger partial charge in [-0.3, -0.25) is 4.99 Å². The fraction of sp³-hybridized carbons (Fsp3) is 0.500. The lowest BCUT2D eigenvalue weighted by Gasteiger charge is -2.29. The largest absolute Gasteiger partial charge is 0.493 e. The predicted octanol–water partition coefficient (Wildman–Crippen LogP) is 2.39. The summed E-state index contributed by atoms with van der Waals surface area (Å²) in [6, 6.07) is 3.70. The molecule has 0 atom stereocenters. The van der Waals surface area contributed by atoms with Crippen molar-refractivity contribution < 1.29 is 23.8 Å². The van der Waals surface area contributed by atoms with Gasteiger partial charge in [0.2, 0.25) is 5.71 Å². The maximum Gasteiger partial charge on any atom is 0.362 e. The number of methoxy groups -OCH3 is 2. The second kappa shape index (κ2) is 7.55. The molecule has 0 saturated carbocycles. The highest BCUT2D eigenvalue weighted by atomic mass is 16.6. The number of oxime groups is 1. The first-order valence-electron chi connectivity index (χ1n) is 8.00. The van der Waals surface area contributed by atoms with Crippen LogP contribution in [0.1, 0.15) is 31.9 Å². The van der Waals surface area contributed by atoms with Gasteiger partial charge < -0.3 is 19.0 Å². The zero-order valence-corrected chi connectivity index (χ0v) is 15.5. The molecule has 2 rings (SSSR count). The molecule has 0 amide bonds. The molecule has 136 valence electrons. The van der Waals surface area contributed by atoms with Gasteiger partial charge in [-0.2, -0.15) is 0 Å². The van der Waals surface area contributed by atoms with E-state index in [0.29, 0.717) is 23.6 Å². The van der Waals surface area contributed by atoms with Crippen LogP contribution in [0.15, 0.2) is 22.3 Å². The molecular formula is C18H24N2O5. The molecule has 1 aromatic carbocycles. The third kappa shape index (κ3) is 3.92. The molecule has 7 nitrogen and oxygen atoms in total. The van der Waals surface area contributed by atoms with Crippen LogP contribution in [-0.4, -0.2) is 50.9 Å². The monoisotopic (exact) mass is 348 g/mol. The van der Waals surface area contributed by atoms with Crippen molar-refractivity contribution in [2.75, 3.05) is 27.9 Å². The number of rotatable bonds is 6. The number of ether oxygens (including phenoxy) is 3. The summed E-state index contributed by atoms with van der Waals surface area (Å²) in [4.78, 5) is 21.9. The fourth-order valence-corrected chi connectivity index (χ4v) is 2.80. The molecule has 25 heavy (non-hydrogen) atoms. The molecular weight excluding hydrogens is 324 g/mol. The lowest BCUT2D eigenvalue weighted by atomic mass is 9.85. The van der Waals surface area contributed by atoms with E-state index in [1.807, 2.05) is 19.9 Å². The number of carbonyl (C=O) groups excluding carboxylic acids is 1. The first-order chi connectivity index (χ1) is 11.9. The molecule has 0 bridgehead atoms. The molecule has 0 fully saturated rings. The fourth-order valence-electron chi connectivity index (χ4n) is 2.80. The van der Waals surface area contributed by atoms with Crippen molar-refractivity contribution in [1.29, 1.82) is 0 Å². The normalized spacial score (nSPS) is 15.8. The van der Waals surface area contributed by atoms with E-state index in [9.17, 15) is 4.79 Å². The molecule has 0 saturated heterocycles. The van der Waals surface area contributed by atoms with Gasteiger partial charge in [0.15, 0.2) is 11.5 Å². The summed E-state index contributed by atoms with van der Waals surface area (Å²) < 4.78 is 15.9. The van der Waals surface area contributed by atoms with Crippen LogP contribution in [-0.2, 0) is 20.8 Å². The molecule has 0 N–H and O–H groups in total. The van der Waals surface area contributed by atoms with Gasteiger partial charge in [-0.25, -0.2) is 4.79 Å². The second-order valence-corrected chi connectivity index (χ2v) is 6.16. The molecule has 1 aromatic rings. The summed E-state index contributed by atoms with van der Waals surface area (Å²) >= 11 is 0. The Hall–Kier alpha value is -2.57. The van der Waals surface area contributed by atoms with Crippen molar-refractivity contribution in [2.45, 2.75) is 32.7 Å². The Balaban J connectivity index is 2.66. The molecule has 0 spiro atoms. The number of benzene rings is 1. The highest BCUT2D eigenvalue weighted by molar-refractivity contribution is 6.69. The van der Waals surface area contributed by atoms with Crippen molar-refractivity contribution in [2.24, 2.45) is 10.1 Å². The molecule has 1 aliphatic heterocycles. The summed E-state index contributed by atoms with van der Waals surface area (Å²) in [5, 5.41) is 3.87. The average Bonchev–Trinajstić information content (AvgIpc) is 2.57. The van der Waals surface area contributed by atoms with Crippen LogP contribution in [0, 0.1) is 0 Å². The highest BCUT2D eigenvalue weighted by Crippen LogP contribution is 2.36. The first kappa shape index (κ1) is 18.8. The van der Waals surface area contributed by atoms with E-state index < -0.39 is 11.5 Å². The van der Waals surface area contributed by atoms with E-state index in [1.165, 1.54) is 7.11 Å². The molecule has 7 heteroatoms. The molecule has 0 aromatic heterocycles. The molecule has 0 aliphatic carbocycles. The molecule has 1 heterocycles. The Morgan fingerprint density at radius 3 is 2.40 bits per heavy atom. The summed E-state index contributed by atoms with van der Waals surface area (Å²) in [6.45, 7) is 5.94. The van der Waals surface area contributed by atoms with E-state index in [4.69, 9.17) is 24.0 Å². The third-order valence-electron chi connectivity index (χ3n) is 3.78. The number of nitrogens with zero attached hydrogens (tertiary/aromatic N) is 2. The van der Waals surface area contributed by atoms with Crippen molar-refractivity contribution in [3.63, 3.8) is 0 Å². The van der Waals surface area contributed by atoms with Gasteiger partial charge in [-0.1, -0.05) is 5.16 Å². The lowest BCUT2D eigenvalue weighted by Crippen LogP contribution is -2.36.